The minimum absolute atomic E-state index is 0.206. The summed E-state index contributed by atoms with van der Waals surface area (Å²) in [5.41, 5.74) is 2.72. The van der Waals surface area contributed by atoms with Gasteiger partial charge in [0.25, 0.3) is 11.8 Å². The number of rotatable bonds is 6. The highest BCUT2D eigenvalue weighted by molar-refractivity contribution is 6.01. The van der Waals surface area contributed by atoms with Crippen molar-refractivity contribution in [3.8, 4) is 0 Å². The predicted octanol–water partition coefficient (Wildman–Crippen LogP) is 4.28. The predicted molar refractivity (Wildman–Crippen MR) is 119 cm³/mol. The minimum atomic E-state index is -0.427. The summed E-state index contributed by atoms with van der Waals surface area (Å²) in [4.78, 5) is 26.1. The Hall–Kier alpha value is -3.52. The average Bonchev–Trinajstić information content (AvgIpc) is 3.19. The van der Waals surface area contributed by atoms with Crippen LogP contribution in [0, 0.1) is 11.6 Å². The molecule has 0 aliphatic carbocycles. The van der Waals surface area contributed by atoms with Crippen molar-refractivity contribution in [3.63, 3.8) is 0 Å². The maximum Gasteiger partial charge on any atom is 0.268 e. The van der Waals surface area contributed by atoms with Gasteiger partial charge in [0.15, 0.2) is 0 Å². The van der Waals surface area contributed by atoms with Crippen molar-refractivity contribution in [2.24, 2.45) is 0 Å². The van der Waals surface area contributed by atoms with Crippen molar-refractivity contribution in [2.75, 3.05) is 6.61 Å². The fraction of sp³-hybridized carbons (Fsp3) is 0.280. The van der Waals surface area contributed by atoms with E-state index in [1.54, 1.807) is 41.8 Å². The van der Waals surface area contributed by atoms with E-state index in [1.807, 2.05) is 6.92 Å². The number of amides is 2. The number of hydrogen-bond acceptors (Lipinski definition) is 3. The van der Waals surface area contributed by atoms with Gasteiger partial charge in [0.05, 0.1) is 36.6 Å². The van der Waals surface area contributed by atoms with Gasteiger partial charge in [-0.3, -0.25) is 9.59 Å². The van der Waals surface area contributed by atoms with Gasteiger partial charge >= 0.3 is 0 Å². The SMILES string of the molecule is C[C@@H](NC(=O)c1cc(C(=O)N[C@H](C)c2ccc(F)cc2)n2c1COCC2)c1cccc(F)c1. The molecule has 0 fully saturated rings. The van der Waals surface area contributed by atoms with Gasteiger partial charge in [-0.15, -0.1) is 0 Å². The summed E-state index contributed by atoms with van der Waals surface area (Å²) < 4.78 is 34.1. The van der Waals surface area contributed by atoms with E-state index in [1.165, 1.54) is 24.3 Å². The van der Waals surface area contributed by atoms with Crippen LogP contribution in [0.1, 0.15) is 63.6 Å². The first-order chi connectivity index (χ1) is 15.8. The molecule has 172 valence electrons. The molecule has 8 heteroatoms. The van der Waals surface area contributed by atoms with Crippen LogP contribution in [0.25, 0.3) is 0 Å². The van der Waals surface area contributed by atoms with Gasteiger partial charge in [0.1, 0.15) is 17.3 Å². The molecule has 0 saturated heterocycles. The van der Waals surface area contributed by atoms with Crippen molar-refractivity contribution in [1.82, 2.24) is 15.2 Å². The van der Waals surface area contributed by atoms with Crippen molar-refractivity contribution in [2.45, 2.75) is 39.1 Å². The van der Waals surface area contributed by atoms with Gasteiger partial charge in [-0.1, -0.05) is 24.3 Å². The lowest BCUT2D eigenvalue weighted by molar-refractivity contribution is 0.0775. The lowest BCUT2D eigenvalue weighted by Gasteiger charge is -2.21. The van der Waals surface area contributed by atoms with Gasteiger partial charge in [-0.05, 0) is 55.3 Å². The molecule has 2 N–H and O–H groups in total. The zero-order valence-corrected chi connectivity index (χ0v) is 18.4. The Bertz CT molecular complexity index is 1170. The highest BCUT2D eigenvalue weighted by Crippen LogP contribution is 2.23. The van der Waals surface area contributed by atoms with Crippen LogP contribution in [0.3, 0.4) is 0 Å². The number of aromatic nitrogens is 1. The number of halogens is 2. The van der Waals surface area contributed by atoms with E-state index in [4.69, 9.17) is 4.74 Å². The molecule has 33 heavy (non-hydrogen) atoms. The molecule has 2 atom stereocenters. The molecule has 1 aliphatic rings. The third-order valence-corrected chi connectivity index (χ3v) is 5.80. The number of nitrogens with one attached hydrogen (secondary N) is 2. The molecular formula is C25H25F2N3O3. The first-order valence-electron chi connectivity index (χ1n) is 10.8. The molecule has 2 amide bonds. The summed E-state index contributed by atoms with van der Waals surface area (Å²) in [6.45, 7) is 4.65. The van der Waals surface area contributed by atoms with Crippen LogP contribution in [0.15, 0.2) is 54.6 Å². The number of carbonyl (C=O) groups excluding carboxylic acids is 2. The lowest BCUT2D eigenvalue weighted by Crippen LogP contribution is -2.30. The monoisotopic (exact) mass is 453 g/mol. The van der Waals surface area contributed by atoms with Crippen LogP contribution >= 0.6 is 0 Å². The van der Waals surface area contributed by atoms with Crippen molar-refractivity contribution in [3.05, 3.63) is 94.3 Å². The van der Waals surface area contributed by atoms with Crippen LogP contribution in [-0.2, 0) is 17.9 Å². The molecule has 1 aliphatic heterocycles. The fourth-order valence-electron chi connectivity index (χ4n) is 3.95. The summed E-state index contributed by atoms with van der Waals surface area (Å²) in [7, 11) is 0. The second-order valence-electron chi connectivity index (χ2n) is 8.09. The second-order valence-corrected chi connectivity index (χ2v) is 8.09. The summed E-state index contributed by atoms with van der Waals surface area (Å²) in [5.74, 6) is -1.43. The largest absolute Gasteiger partial charge is 0.373 e. The zero-order valence-electron chi connectivity index (χ0n) is 18.4. The van der Waals surface area contributed by atoms with E-state index in [2.05, 4.69) is 10.6 Å². The smallest absolute Gasteiger partial charge is 0.268 e. The number of carbonyl (C=O) groups is 2. The zero-order chi connectivity index (χ0) is 23.5. The maximum atomic E-state index is 13.6. The first kappa shape index (κ1) is 22.7. The van der Waals surface area contributed by atoms with E-state index in [-0.39, 0.29) is 36.1 Å². The molecule has 4 rings (SSSR count). The number of hydrogen-bond donors (Lipinski definition) is 2. The van der Waals surface area contributed by atoms with Crippen LogP contribution < -0.4 is 10.6 Å². The lowest BCUT2D eigenvalue weighted by atomic mass is 10.1. The second kappa shape index (κ2) is 9.54. The first-order valence-corrected chi connectivity index (χ1v) is 10.8. The Labute approximate surface area is 190 Å². The van der Waals surface area contributed by atoms with E-state index in [0.29, 0.717) is 35.7 Å². The molecule has 3 aromatic rings. The molecule has 0 saturated carbocycles. The Morgan fingerprint density at radius 2 is 1.61 bits per heavy atom. The molecular weight excluding hydrogens is 428 g/mol. The Balaban J connectivity index is 1.55. The highest BCUT2D eigenvalue weighted by atomic mass is 19.1. The van der Waals surface area contributed by atoms with Crippen LogP contribution in [0.4, 0.5) is 8.78 Å². The number of benzene rings is 2. The normalized spacial score (nSPS) is 14.8. The molecule has 6 nitrogen and oxygen atoms in total. The molecule has 0 bridgehead atoms. The Kier molecular flexibility index (Phi) is 6.55. The quantitative estimate of drug-likeness (QED) is 0.585. The molecule has 2 heterocycles. The van der Waals surface area contributed by atoms with Crippen molar-refractivity contribution < 1.29 is 23.1 Å². The number of nitrogens with zero attached hydrogens (tertiary/aromatic N) is 1. The summed E-state index contributed by atoms with van der Waals surface area (Å²) in [6.07, 6.45) is 0. The van der Waals surface area contributed by atoms with Gasteiger partial charge in [0.2, 0.25) is 0 Å². The summed E-state index contributed by atoms with van der Waals surface area (Å²) >= 11 is 0. The molecule has 0 spiro atoms. The Morgan fingerprint density at radius 3 is 2.33 bits per heavy atom. The number of ether oxygens (including phenoxy) is 1. The third kappa shape index (κ3) is 4.96. The highest BCUT2D eigenvalue weighted by Gasteiger charge is 2.27. The van der Waals surface area contributed by atoms with Crippen LogP contribution in [0.5, 0.6) is 0 Å². The van der Waals surface area contributed by atoms with E-state index in [0.717, 1.165) is 5.56 Å². The van der Waals surface area contributed by atoms with E-state index >= 15 is 0 Å². The summed E-state index contributed by atoms with van der Waals surface area (Å²) in [6, 6.07) is 12.8. The van der Waals surface area contributed by atoms with Gasteiger partial charge in [0, 0.05) is 6.54 Å². The molecule has 0 unspecified atom stereocenters. The molecule has 0 radical (unpaired) electrons. The van der Waals surface area contributed by atoms with E-state index in [9.17, 15) is 18.4 Å². The molecule has 1 aromatic heterocycles. The van der Waals surface area contributed by atoms with Crippen molar-refractivity contribution in [1.29, 1.82) is 0 Å². The minimum Gasteiger partial charge on any atom is -0.373 e. The maximum absolute atomic E-state index is 13.6. The van der Waals surface area contributed by atoms with Gasteiger partial charge in [-0.25, -0.2) is 8.78 Å². The van der Waals surface area contributed by atoms with Crippen LogP contribution in [0.2, 0.25) is 0 Å². The third-order valence-electron chi connectivity index (χ3n) is 5.80. The fourth-order valence-corrected chi connectivity index (χ4v) is 3.95. The van der Waals surface area contributed by atoms with Crippen LogP contribution in [-0.4, -0.2) is 23.0 Å². The Morgan fingerprint density at radius 1 is 0.909 bits per heavy atom. The standard InChI is InChI=1S/C25H25F2N3O3/c1-15(17-6-8-19(26)9-7-17)29-25(32)22-13-21(23-14-33-11-10-30(22)23)24(31)28-16(2)18-4-3-5-20(27)12-18/h3-9,12-13,15-16H,10-11,14H2,1-2H3,(H,28,31)(H,29,32)/t15-,16-/m1/s1. The molecule has 2 aromatic carbocycles. The van der Waals surface area contributed by atoms with Gasteiger partial charge in [-0.2, -0.15) is 0 Å². The average molecular weight is 453 g/mol. The number of fused-ring (bicyclic) bond motifs is 1. The van der Waals surface area contributed by atoms with Crippen molar-refractivity contribution >= 4 is 11.8 Å². The van der Waals surface area contributed by atoms with Gasteiger partial charge < -0.3 is 19.9 Å². The summed E-state index contributed by atoms with van der Waals surface area (Å²) in [5, 5.41) is 5.78. The van der Waals surface area contributed by atoms with E-state index < -0.39 is 6.04 Å². The topological polar surface area (TPSA) is 72.4 Å².